The van der Waals surface area contributed by atoms with E-state index in [1.165, 1.54) is 194 Å². The molecule has 0 fully saturated rings. The maximum atomic E-state index is 2.47. The molecule has 23 rings (SSSR count). The molecular weight excluding hydrogens is 1580 g/mol. The number of hydrogen-bond acceptors (Lipinski definition) is 0. The summed E-state index contributed by atoms with van der Waals surface area (Å²) in [6, 6.07) is 173. The van der Waals surface area contributed by atoms with Crippen molar-refractivity contribution in [3.8, 4) is 11.4 Å². The molecule has 0 bridgehead atoms. The molecule has 21 aromatic carbocycles. The fraction of sp³-hybridized carbons (Fsp3) is 0.0656. The zero-order valence-corrected chi connectivity index (χ0v) is 76.4. The lowest BCUT2D eigenvalue weighted by molar-refractivity contribution is 1.18. The van der Waals surface area contributed by atoms with Crippen molar-refractivity contribution in [2.45, 2.75) is 54.3 Å². The third kappa shape index (κ3) is 15.6. The largest absolute Gasteiger partial charge is 0.309 e. The summed E-state index contributed by atoms with van der Waals surface area (Å²) in [6.07, 6.45) is 0. The molecule has 0 N–H and O–H groups in total. The van der Waals surface area contributed by atoms with Crippen LogP contribution < -0.4 is 46.7 Å². The molecule has 0 saturated heterocycles. The topological polar surface area (TPSA) is 9.86 Å². The number of para-hydroxylation sites is 4. The van der Waals surface area contributed by atoms with Crippen LogP contribution in [0.4, 0.5) is 0 Å². The zero-order chi connectivity index (χ0) is 86.6. The highest BCUT2D eigenvalue weighted by molar-refractivity contribution is 7.12. The Morgan fingerprint density at radius 3 is 0.630 bits per heavy atom. The quantitative estimate of drug-likeness (QED) is 0.0694. The fourth-order valence-corrected chi connectivity index (χ4v) is 30.3. The average Bonchev–Trinajstić information content (AvgIpc) is 1.69. The van der Waals surface area contributed by atoms with Crippen LogP contribution in [0.2, 0.25) is 19.6 Å². The van der Waals surface area contributed by atoms with Gasteiger partial charge in [-0.1, -0.05) is 467 Å². The summed E-state index contributed by atoms with van der Waals surface area (Å²) < 4.78 is 4.77. The summed E-state index contributed by atoms with van der Waals surface area (Å²) >= 11 is 0. The van der Waals surface area contributed by atoms with Gasteiger partial charge in [-0.2, -0.15) is 0 Å². The van der Waals surface area contributed by atoms with Gasteiger partial charge in [0, 0.05) is 32.9 Å². The van der Waals surface area contributed by atoms with E-state index in [4.69, 9.17) is 0 Å². The Bertz CT molecular complexity index is 7180. The minimum absolute atomic E-state index is 1.20. The molecule has 0 spiro atoms. The number of nitrogens with zero attached hydrogens (tertiary/aromatic N) is 2. The molecule has 612 valence electrons. The van der Waals surface area contributed by atoms with Crippen molar-refractivity contribution in [3.05, 3.63) is 501 Å². The van der Waals surface area contributed by atoms with Gasteiger partial charge in [-0.05, 0) is 200 Å². The van der Waals surface area contributed by atoms with Crippen molar-refractivity contribution in [2.75, 3.05) is 0 Å². The maximum absolute atomic E-state index is 2.47. The van der Waals surface area contributed by atoms with E-state index >= 15 is 0 Å². The summed E-state index contributed by atoms with van der Waals surface area (Å²) in [6.45, 7) is 18.2. The lowest BCUT2D eigenvalue weighted by atomic mass is 9.92. The van der Waals surface area contributed by atoms with Gasteiger partial charge in [-0.25, -0.2) is 0 Å². The minimum atomic E-state index is -2.10. The SMILES string of the molecule is C[Si](c1ccccc1)(c1ccccc1)c1ccc(-n2c3ccccc3c3ccccc32)cc1.C[Si](c1ccccc1)(c1ccccc1)c1ccc(-n2c3ccccc3c3ccccc32)cc1.Cc1ccc([Si](C)(c2ccc(C)cc2)c2ccc(C)cc2)cc1.Cc1ccc2c3ccccc3c3ccccc3c2c1.Cc1cccc2c3ccccc3c3ccccc3c12. The van der Waals surface area contributed by atoms with Gasteiger partial charge >= 0.3 is 0 Å². The van der Waals surface area contributed by atoms with Crippen LogP contribution in [0.25, 0.3) is 120 Å². The Morgan fingerprint density at radius 1 is 0.150 bits per heavy atom. The molecule has 2 aromatic heterocycles. The minimum Gasteiger partial charge on any atom is -0.309 e. The standard InChI is InChI=1S/2C31H25NSi.C22H24Si.2C19H14/c2*1-33(25-12-4-2-5-13-25,26-14-6-3-7-15-26)27-22-20-24(21-23-27)32-30-18-10-8-16-28(30)29-17-9-11-19-31(29)32;1-17-5-11-20(12-6-17)23(4,21-13-7-18(2)8-14-21)22-15-9-19(3)10-16-22;1-13-7-6-12-18-16-9-3-2-8-14(16)15-10-4-5-11-17(15)19(13)18;1-13-10-11-18-16-8-3-2-6-14(16)15-7-4-5-9-17(15)19(18)12-13/h2*2-23H,1H3;5-16H,1-4H3;2*2-12H,1H3. The first-order valence-electron chi connectivity index (χ1n) is 44.4. The molecule has 5 heteroatoms. The lowest BCUT2D eigenvalue weighted by Crippen LogP contribution is -2.64. The van der Waals surface area contributed by atoms with E-state index in [-0.39, 0.29) is 0 Å². The van der Waals surface area contributed by atoms with Gasteiger partial charge in [0.25, 0.3) is 0 Å². The van der Waals surface area contributed by atoms with Gasteiger partial charge in [0.2, 0.25) is 0 Å². The summed E-state index contributed by atoms with van der Waals surface area (Å²) in [5.41, 5.74) is 14.0. The molecule has 0 saturated carbocycles. The van der Waals surface area contributed by atoms with E-state index in [2.05, 4.69) is 537 Å². The van der Waals surface area contributed by atoms with Crippen molar-refractivity contribution in [3.63, 3.8) is 0 Å². The summed E-state index contributed by atoms with van der Waals surface area (Å²) in [5.74, 6) is 0. The molecule has 0 aliphatic carbocycles. The maximum Gasteiger partial charge on any atom is 0.145 e. The van der Waals surface area contributed by atoms with Crippen LogP contribution in [0, 0.1) is 34.6 Å². The average molecular weight is 1680 g/mol. The Kier molecular flexibility index (Phi) is 23.0. The number of rotatable bonds is 11. The van der Waals surface area contributed by atoms with E-state index in [1.807, 2.05) is 0 Å². The predicted octanol–water partition coefficient (Wildman–Crippen LogP) is 26.4. The Balaban J connectivity index is 0.000000106. The smallest absolute Gasteiger partial charge is 0.145 e. The van der Waals surface area contributed by atoms with Crippen LogP contribution in [-0.2, 0) is 0 Å². The molecule has 127 heavy (non-hydrogen) atoms. The number of hydrogen-bond donors (Lipinski definition) is 0. The van der Waals surface area contributed by atoms with Gasteiger partial charge in [0.1, 0.15) is 24.2 Å². The van der Waals surface area contributed by atoms with Crippen LogP contribution in [0.1, 0.15) is 27.8 Å². The van der Waals surface area contributed by atoms with Gasteiger partial charge in [0.15, 0.2) is 0 Å². The Morgan fingerprint density at radius 2 is 0.346 bits per heavy atom. The van der Waals surface area contributed by atoms with Crippen molar-refractivity contribution in [1.29, 1.82) is 0 Å². The highest BCUT2D eigenvalue weighted by Gasteiger charge is 2.37. The van der Waals surface area contributed by atoms with E-state index < -0.39 is 24.2 Å². The molecule has 0 amide bonds. The molecule has 0 radical (unpaired) electrons. The van der Waals surface area contributed by atoms with Crippen LogP contribution in [0.5, 0.6) is 0 Å². The normalized spacial score (nSPS) is 11.6. The van der Waals surface area contributed by atoms with Crippen molar-refractivity contribution >= 4 is 179 Å². The van der Waals surface area contributed by atoms with Gasteiger partial charge < -0.3 is 9.13 Å². The molecule has 0 aliphatic rings. The van der Waals surface area contributed by atoms with Crippen LogP contribution >= 0.6 is 0 Å². The first kappa shape index (κ1) is 82.1. The summed E-state index contributed by atoms with van der Waals surface area (Å²) in [4.78, 5) is 0. The van der Waals surface area contributed by atoms with Crippen molar-refractivity contribution in [2.24, 2.45) is 0 Å². The second-order valence-corrected chi connectivity index (χ2v) is 46.4. The van der Waals surface area contributed by atoms with Gasteiger partial charge in [-0.15, -0.1) is 0 Å². The predicted molar refractivity (Wildman–Crippen MR) is 560 cm³/mol. The molecule has 2 nitrogen and oxygen atoms in total. The van der Waals surface area contributed by atoms with Crippen molar-refractivity contribution in [1.82, 2.24) is 9.13 Å². The van der Waals surface area contributed by atoms with E-state index in [0.29, 0.717) is 0 Å². The highest BCUT2D eigenvalue weighted by Crippen LogP contribution is 2.39. The first-order valence-corrected chi connectivity index (χ1v) is 51.9. The van der Waals surface area contributed by atoms with Crippen LogP contribution in [0.15, 0.2) is 473 Å². The van der Waals surface area contributed by atoms with Crippen molar-refractivity contribution < 1.29 is 0 Å². The van der Waals surface area contributed by atoms with Crippen LogP contribution in [0.3, 0.4) is 0 Å². The molecule has 0 atom stereocenters. The fourth-order valence-electron chi connectivity index (χ4n) is 19.7. The monoisotopic (exact) mass is 1680 g/mol. The van der Waals surface area contributed by atoms with E-state index in [1.54, 1.807) is 0 Å². The number of aromatic nitrogens is 2. The van der Waals surface area contributed by atoms with Crippen LogP contribution in [-0.4, -0.2) is 33.4 Å². The molecule has 23 aromatic rings. The second kappa shape index (κ2) is 35.6. The molecule has 0 unspecified atom stereocenters. The summed E-state index contributed by atoms with van der Waals surface area (Å²) in [7, 11) is -6.15. The van der Waals surface area contributed by atoms with E-state index in [9.17, 15) is 0 Å². The third-order valence-corrected chi connectivity index (χ3v) is 40.1. The first-order chi connectivity index (χ1) is 62.2. The van der Waals surface area contributed by atoms with E-state index in [0.717, 1.165) is 0 Å². The van der Waals surface area contributed by atoms with Gasteiger partial charge in [0.05, 0.1) is 22.1 Å². The molecule has 2 heterocycles. The Labute approximate surface area is 749 Å². The Hall–Kier alpha value is -14.6. The number of fused-ring (bicyclic) bond motifs is 18. The van der Waals surface area contributed by atoms with Gasteiger partial charge in [-0.3, -0.25) is 0 Å². The third-order valence-electron chi connectivity index (χ3n) is 26.7. The highest BCUT2D eigenvalue weighted by atomic mass is 28.3. The molecule has 0 aliphatic heterocycles. The summed E-state index contributed by atoms with van der Waals surface area (Å²) in [5, 5.41) is 34.4. The molecular formula is C122H102N2Si3. The number of benzene rings is 21. The zero-order valence-electron chi connectivity index (χ0n) is 73.4. The number of aryl methyl sites for hydroxylation is 5. The second-order valence-electron chi connectivity index (χ2n) is 34.5. The lowest BCUT2D eigenvalue weighted by Gasteiger charge is -2.30.